The fourth-order valence-electron chi connectivity index (χ4n) is 2.28. The number of aromatic nitrogens is 2. The minimum Gasteiger partial charge on any atom is -0.481 e. The highest BCUT2D eigenvalue weighted by Crippen LogP contribution is 2.31. The van der Waals surface area contributed by atoms with Gasteiger partial charge in [0.25, 0.3) is 0 Å². The molecular weight excluding hydrogens is 283 g/mol. The molecule has 0 aliphatic rings. The Kier molecular flexibility index (Phi) is 4.30. The van der Waals surface area contributed by atoms with Gasteiger partial charge < -0.3 is 9.84 Å². The lowest BCUT2D eigenvalue weighted by molar-refractivity contribution is 0.172. The number of hydrogen-bond acceptors (Lipinski definition) is 3. The van der Waals surface area contributed by atoms with E-state index in [4.69, 9.17) is 16.3 Å². The van der Waals surface area contributed by atoms with E-state index >= 15 is 0 Å². The first-order valence-corrected chi connectivity index (χ1v) is 6.51. The van der Waals surface area contributed by atoms with Crippen LogP contribution in [-0.4, -0.2) is 22.0 Å². The summed E-state index contributed by atoms with van der Waals surface area (Å²) in [6.07, 6.45) is -0.552. The van der Waals surface area contributed by atoms with Crippen LogP contribution in [0.5, 0.6) is 5.88 Å². The van der Waals surface area contributed by atoms with Crippen LogP contribution in [0.15, 0.2) is 18.2 Å². The monoisotopic (exact) mass is 298 g/mol. The summed E-state index contributed by atoms with van der Waals surface area (Å²) in [7, 11) is 3.27. The quantitative estimate of drug-likeness (QED) is 0.944. The maximum Gasteiger partial charge on any atom is 0.217 e. The second-order valence-electron chi connectivity index (χ2n) is 4.59. The molecule has 6 heteroatoms. The summed E-state index contributed by atoms with van der Waals surface area (Å²) >= 11 is 5.98. The number of methoxy groups -OCH3 is 1. The van der Waals surface area contributed by atoms with Crippen molar-refractivity contribution >= 4 is 11.6 Å². The molecule has 0 radical (unpaired) electrons. The molecule has 0 aliphatic heterocycles. The third-order valence-electron chi connectivity index (χ3n) is 3.17. The van der Waals surface area contributed by atoms with Crippen LogP contribution >= 0.6 is 11.6 Å². The molecule has 2 rings (SSSR count). The molecule has 4 nitrogen and oxygen atoms in total. The number of hydrogen-bond donors (Lipinski definition) is 1. The molecule has 2 aromatic rings. The zero-order valence-corrected chi connectivity index (χ0v) is 12.3. The standard InChI is InChI=1S/C14H16ClFN2O2/c1-8-13(14(20-3)18(2)17-8)12(19)6-9-4-5-10(16)7-11(9)15/h4-5,7,12,19H,6H2,1-3H3. The first-order valence-electron chi connectivity index (χ1n) is 6.13. The van der Waals surface area contributed by atoms with Gasteiger partial charge in [-0.05, 0) is 24.6 Å². The first kappa shape index (κ1) is 14.8. The summed E-state index contributed by atoms with van der Waals surface area (Å²) in [5, 5.41) is 14.9. The SMILES string of the molecule is COc1c(C(O)Cc2ccc(F)cc2Cl)c(C)nn1C. The molecule has 0 saturated heterocycles. The Hall–Kier alpha value is -1.59. The van der Waals surface area contributed by atoms with Gasteiger partial charge in [-0.1, -0.05) is 17.7 Å². The molecule has 1 unspecified atom stereocenters. The van der Waals surface area contributed by atoms with Gasteiger partial charge in [-0.2, -0.15) is 5.10 Å². The summed E-state index contributed by atoms with van der Waals surface area (Å²) in [5.74, 6) is 0.108. The Morgan fingerprint density at radius 2 is 2.20 bits per heavy atom. The van der Waals surface area contributed by atoms with Crippen LogP contribution in [0.25, 0.3) is 0 Å². The fourth-order valence-corrected chi connectivity index (χ4v) is 2.52. The molecule has 108 valence electrons. The Balaban J connectivity index is 2.30. The van der Waals surface area contributed by atoms with E-state index in [1.165, 1.54) is 19.2 Å². The Labute approximate surface area is 121 Å². The van der Waals surface area contributed by atoms with E-state index < -0.39 is 11.9 Å². The largest absolute Gasteiger partial charge is 0.481 e. The number of ether oxygens (including phenoxy) is 1. The van der Waals surface area contributed by atoms with Crippen molar-refractivity contribution in [1.29, 1.82) is 0 Å². The molecular formula is C14H16ClFN2O2. The number of aliphatic hydroxyl groups is 1. The lowest BCUT2D eigenvalue weighted by Gasteiger charge is -2.13. The summed E-state index contributed by atoms with van der Waals surface area (Å²) in [6.45, 7) is 1.80. The Morgan fingerprint density at radius 3 is 2.80 bits per heavy atom. The third-order valence-corrected chi connectivity index (χ3v) is 3.52. The van der Waals surface area contributed by atoms with Crippen molar-refractivity contribution in [3.05, 3.63) is 45.9 Å². The van der Waals surface area contributed by atoms with Crippen molar-refractivity contribution in [2.45, 2.75) is 19.4 Å². The predicted molar refractivity (Wildman–Crippen MR) is 74.6 cm³/mol. The Morgan fingerprint density at radius 1 is 1.50 bits per heavy atom. The van der Waals surface area contributed by atoms with Gasteiger partial charge in [-0.25, -0.2) is 9.07 Å². The highest BCUT2D eigenvalue weighted by molar-refractivity contribution is 6.31. The molecule has 1 N–H and O–H groups in total. The van der Waals surface area contributed by atoms with Crippen LogP contribution in [0.1, 0.15) is 22.9 Å². The normalized spacial score (nSPS) is 12.5. The van der Waals surface area contributed by atoms with Crippen molar-refractivity contribution in [2.24, 2.45) is 7.05 Å². The maximum absolute atomic E-state index is 13.0. The molecule has 0 fully saturated rings. The van der Waals surface area contributed by atoms with Gasteiger partial charge in [0.1, 0.15) is 5.82 Å². The van der Waals surface area contributed by atoms with Gasteiger partial charge in [0.2, 0.25) is 5.88 Å². The van der Waals surface area contributed by atoms with E-state index in [9.17, 15) is 9.50 Å². The predicted octanol–water partition coefficient (Wildman–Crippen LogP) is 2.81. The van der Waals surface area contributed by atoms with Gasteiger partial charge in [0.15, 0.2) is 0 Å². The maximum atomic E-state index is 13.0. The van der Waals surface area contributed by atoms with E-state index in [1.807, 2.05) is 0 Å². The average molecular weight is 299 g/mol. The molecule has 0 spiro atoms. The van der Waals surface area contributed by atoms with Crippen molar-refractivity contribution in [3.8, 4) is 5.88 Å². The van der Waals surface area contributed by atoms with Gasteiger partial charge in [-0.3, -0.25) is 0 Å². The summed E-state index contributed by atoms with van der Waals surface area (Å²) in [6, 6.07) is 4.12. The summed E-state index contributed by atoms with van der Waals surface area (Å²) in [5.41, 5.74) is 1.98. The zero-order chi connectivity index (χ0) is 14.9. The van der Waals surface area contributed by atoms with E-state index in [0.29, 0.717) is 27.7 Å². The lowest BCUT2D eigenvalue weighted by atomic mass is 10.0. The average Bonchev–Trinajstić information content (AvgIpc) is 2.66. The van der Waals surface area contributed by atoms with Crippen molar-refractivity contribution < 1.29 is 14.2 Å². The molecule has 0 amide bonds. The highest BCUT2D eigenvalue weighted by atomic mass is 35.5. The molecule has 1 heterocycles. The van der Waals surface area contributed by atoms with Crippen molar-refractivity contribution in [1.82, 2.24) is 9.78 Å². The summed E-state index contributed by atoms with van der Waals surface area (Å²) < 4.78 is 19.8. The van der Waals surface area contributed by atoms with Crippen LogP contribution in [0, 0.1) is 12.7 Å². The summed E-state index contributed by atoms with van der Waals surface area (Å²) in [4.78, 5) is 0. The third kappa shape index (κ3) is 2.78. The Bertz CT molecular complexity index is 628. The van der Waals surface area contributed by atoms with Crippen LogP contribution in [0.4, 0.5) is 4.39 Å². The number of halogens is 2. The number of aliphatic hydroxyl groups excluding tert-OH is 1. The topological polar surface area (TPSA) is 47.3 Å². The smallest absolute Gasteiger partial charge is 0.217 e. The molecule has 0 aliphatic carbocycles. The van der Waals surface area contributed by atoms with Crippen molar-refractivity contribution in [2.75, 3.05) is 7.11 Å². The van der Waals surface area contributed by atoms with E-state index in [2.05, 4.69) is 5.10 Å². The molecule has 0 saturated carbocycles. The van der Waals surface area contributed by atoms with Gasteiger partial charge in [0, 0.05) is 18.5 Å². The van der Waals surface area contributed by atoms with Crippen LogP contribution in [0.3, 0.4) is 0 Å². The van der Waals surface area contributed by atoms with Crippen LogP contribution < -0.4 is 4.74 Å². The van der Waals surface area contributed by atoms with E-state index in [-0.39, 0.29) is 6.42 Å². The lowest BCUT2D eigenvalue weighted by Crippen LogP contribution is -2.06. The fraction of sp³-hybridized carbons (Fsp3) is 0.357. The van der Waals surface area contributed by atoms with E-state index in [1.54, 1.807) is 24.7 Å². The van der Waals surface area contributed by atoms with Crippen LogP contribution in [-0.2, 0) is 13.5 Å². The van der Waals surface area contributed by atoms with Crippen molar-refractivity contribution in [3.63, 3.8) is 0 Å². The van der Waals surface area contributed by atoms with Gasteiger partial charge in [-0.15, -0.1) is 0 Å². The zero-order valence-electron chi connectivity index (χ0n) is 11.5. The first-order chi connectivity index (χ1) is 9.43. The number of benzene rings is 1. The number of rotatable bonds is 4. The minimum absolute atomic E-state index is 0.266. The number of nitrogens with zero attached hydrogens (tertiary/aromatic N) is 2. The van der Waals surface area contributed by atoms with Gasteiger partial charge in [0.05, 0.1) is 24.5 Å². The molecule has 1 aromatic carbocycles. The van der Waals surface area contributed by atoms with Crippen LogP contribution in [0.2, 0.25) is 5.02 Å². The second kappa shape index (κ2) is 5.81. The highest BCUT2D eigenvalue weighted by Gasteiger charge is 2.22. The molecule has 1 atom stereocenters. The molecule has 20 heavy (non-hydrogen) atoms. The van der Waals surface area contributed by atoms with Gasteiger partial charge >= 0.3 is 0 Å². The minimum atomic E-state index is -0.818. The number of aryl methyl sites for hydroxylation is 2. The second-order valence-corrected chi connectivity index (χ2v) is 4.99. The van der Waals surface area contributed by atoms with E-state index in [0.717, 1.165) is 0 Å². The molecule has 0 bridgehead atoms. The molecule has 1 aromatic heterocycles.